The zero-order valence-corrected chi connectivity index (χ0v) is 38.6. The van der Waals surface area contributed by atoms with E-state index in [4.69, 9.17) is 15.0 Å². The molecular formula is C61H34N4S3. The Labute approximate surface area is 401 Å². The summed E-state index contributed by atoms with van der Waals surface area (Å²) >= 11 is 5.45. The molecule has 15 aromatic rings. The summed E-state index contributed by atoms with van der Waals surface area (Å²) in [6, 6.07) is 75.0. The number of hydrogen-bond donors (Lipinski definition) is 0. The third-order valence-corrected chi connectivity index (χ3v) is 17.1. The largest absolute Gasteiger partial charge is 0.309 e. The van der Waals surface area contributed by atoms with Gasteiger partial charge in [0.05, 0.1) is 16.7 Å². The average Bonchev–Trinajstić information content (AvgIpc) is 4.16. The maximum Gasteiger partial charge on any atom is 0.165 e. The minimum Gasteiger partial charge on any atom is -0.309 e. The number of thiophene rings is 3. The van der Waals surface area contributed by atoms with Crippen LogP contribution in [0.1, 0.15) is 0 Å². The van der Waals surface area contributed by atoms with E-state index in [1.807, 2.05) is 22.7 Å². The third kappa shape index (κ3) is 5.74. The fraction of sp³-hybridized carbons (Fsp3) is 0. The van der Waals surface area contributed by atoms with E-state index >= 15 is 0 Å². The molecule has 0 N–H and O–H groups in total. The fourth-order valence-electron chi connectivity index (χ4n) is 10.5. The van der Waals surface area contributed by atoms with Crippen LogP contribution < -0.4 is 0 Å². The fourth-order valence-corrected chi connectivity index (χ4v) is 14.0. The summed E-state index contributed by atoms with van der Waals surface area (Å²) in [5.74, 6) is 1.94. The van der Waals surface area contributed by atoms with Crippen molar-refractivity contribution in [1.82, 2.24) is 19.5 Å². The number of aromatic nitrogens is 4. The maximum atomic E-state index is 5.48. The Hall–Kier alpha value is -8.07. The predicted octanol–water partition coefficient (Wildman–Crippen LogP) is 17.9. The van der Waals surface area contributed by atoms with Gasteiger partial charge in [0.1, 0.15) is 0 Å². The summed E-state index contributed by atoms with van der Waals surface area (Å²) in [5, 5.41) is 12.3. The first-order valence-corrected chi connectivity index (χ1v) is 25.2. The quantitative estimate of drug-likeness (QED) is 0.173. The summed E-state index contributed by atoms with van der Waals surface area (Å²) in [6.45, 7) is 0. The number of para-hydroxylation sites is 1. The van der Waals surface area contributed by atoms with E-state index in [-0.39, 0.29) is 0 Å². The highest BCUT2D eigenvalue weighted by atomic mass is 32.1. The highest BCUT2D eigenvalue weighted by molar-refractivity contribution is 7.27. The molecule has 7 heteroatoms. The average molecular weight is 919 g/mol. The van der Waals surface area contributed by atoms with Gasteiger partial charge in [0.2, 0.25) is 0 Å². The Morgan fingerprint density at radius 3 is 1.72 bits per heavy atom. The standard InChI is InChI=1S/C61H34N4S3/c1-2-14-36-33-51-48(31-35(36)13-1)39-15-3-7-22-49(39)65(51)50-30-28-38(32-47(50)37-27-29-42-40-16-4-8-23-52(40)67-56(42)34-37)59-62-60(45-20-12-26-55-57(45)44-18-6-10-25-54(44)66-55)64-61(63-59)46-21-11-19-43-41-17-5-9-24-53(41)68-58(43)46/h1-34H. The second-order valence-electron chi connectivity index (χ2n) is 17.5. The van der Waals surface area contributed by atoms with Crippen LogP contribution in [0.4, 0.5) is 0 Å². The Kier molecular flexibility index (Phi) is 8.24. The Bertz CT molecular complexity index is 4590. The van der Waals surface area contributed by atoms with Crippen LogP contribution in [-0.4, -0.2) is 19.5 Å². The van der Waals surface area contributed by atoms with Crippen LogP contribution in [0, 0.1) is 0 Å². The predicted molar refractivity (Wildman–Crippen MR) is 292 cm³/mol. The van der Waals surface area contributed by atoms with Crippen LogP contribution in [0.15, 0.2) is 206 Å². The van der Waals surface area contributed by atoms with Gasteiger partial charge >= 0.3 is 0 Å². The molecule has 0 saturated carbocycles. The van der Waals surface area contributed by atoms with E-state index in [1.54, 1.807) is 11.3 Å². The molecule has 5 aromatic heterocycles. The molecule has 0 spiro atoms. The summed E-state index contributed by atoms with van der Waals surface area (Å²) in [5.41, 5.74) is 8.56. The van der Waals surface area contributed by atoms with Crippen molar-refractivity contribution in [2.75, 3.05) is 0 Å². The number of fused-ring (bicyclic) bond motifs is 13. The lowest BCUT2D eigenvalue weighted by molar-refractivity contribution is 1.08. The minimum atomic E-state index is 0.628. The molecule has 5 heterocycles. The van der Waals surface area contributed by atoms with Crippen molar-refractivity contribution in [2.24, 2.45) is 0 Å². The topological polar surface area (TPSA) is 43.6 Å². The van der Waals surface area contributed by atoms with Gasteiger partial charge in [0.15, 0.2) is 17.5 Å². The second kappa shape index (κ2) is 14.7. The summed E-state index contributed by atoms with van der Waals surface area (Å²) in [4.78, 5) is 16.4. The summed E-state index contributed by atoms with van der Waals surface area (Å²) in [6.07, 6.45) is 0. The van der Waals surface area contributed by atoms with Crippen molar-refractivity contribution in [2.45, 2.75) is 0 Å². The first kappa shape index (κ1) is 38.1. The Morgan fingerprint density at radius 2 is 0.882 bits per heavy atom. The molecule has 10 aromatic carbocycles. The Morgan fingerprint density at radius 1 is 0.309 bits per heavy atom. The van der Waals surface area contributed by atoms with Gasteiger partial charge in [-0.25, -0.2) is 15.0 Å². The molecule has 0 aliphatic heterocycles. The van der Waals surface area contributed by atoms with Crippen LogP contribution in [0.2, 0.25) is 0 Å². The second-order valence-corrected chi connectivity index (χ2v) is 20.7. The van der Waals surface area contributed by atoms with Crippen molar-refractivity contribution in [3.8, 4) is 51.0 Å². The van der Waals surface area contributed by atoms with Gasteiger partial charge in [0, 0.05) is 93.5 Å². The number of nitrogens with zero attached hydrogens (tertiary/aromatic N) is 4. The summed E-state index contributed by atoms with van der Waals surface area (Å²) in [7, 11) is 0. The highest BCUT2D eigenvalue weighted by Crippen LogP contribution is 2.45. The molecule has 0 amide bonds. The molecule has 0 radical (unpaired) electrons. The van der Waals surface area contributed by atoms with Crippen LogP contribution in [-0.2, 0) is 0 Å². The maximum absolute atomic E-state index is 5.48. The van der Waals surface area contributed by atoms with E-state index in [0.717, 1.165) is 39.0 Å². The molecule has 0 saturated heterocycles. The van der Waals surface area contributed by atoms with Crippen molar-refractivity contribution < 1.29 is 0 Å². The zero-order chi connectivity index (χ0) is 44.5. The van der Waals surface area contributed by atoms with E-state index in [0.29, 0.717) is 17.5 Å². The molecule has 0 aliphatic rings. The molecule has 0 unspecified atom stereocenters. The van der Waals surface area contributed by atoms with Gasteiger partial charge in [-0.05, 0) is 89.1 Å². The van der Waals surface area contributed by atoms with E-state index in [1.165, 1.54) is 87.6 Å². The molecule has 15 rings (SSSR count). The third-order valence-electron chi connectivity index (χ3n) is 13.6. The minimum absolute atomic E-state index is 0.628. The SMILES string of the molecule is c1ccc2cc3c(cc2c1)c1ccccc1n3-c1ccc(-c2nc(-c3cccc4c3sc3ccccc34)nc(-c3cccc4sc5ccccc5c34)n2)cc1-c1ccc2c(c1)sc1ccccc12. The first-order chi connectivity index (χ1) is 33.7. The lowest BCUT2D eigenvalue weighted by atomic mass is 9.98. The Balaban J connectivity index is 1.02. The highest BCUT2D eigenvalue weighted by Gasteiger charge is 2.22. The van der Waals surface area contributed by atoms with Crippen LogP contribution in [0.5, 0.6) is 0 Å². The van der Waals surface area contributed by atoms with Crippen molar-refractivity contribution in [1.29, 1.82) is 0 Å². The smallest absolute Gasteiger partial charge is 0.165 e. The van der Waals surface area contributed by atoms with Crippen LogP contribution in [0.3, 0.4) is 0 Å². The van der Waals surface area contributed by atoms with Gasteiger partial charge in [0.25, 0.3) is 0 Å². The van der Waals surface area contributed by atoms with Crippen LogP contribution >= 0.6 is 34.0 Å². The van der Waals surface area contributed by atoms with Gasteiger partial charge in [-0.2, -0.15) is 0 Å². The molecule has 0 bridgehead atoms. The monoisotopic (exact) mass is 918 g/mol. The molecule has 0 aliphatic carbocycles. The molecule has 0 fully saturated rings. The lowest BCUT2D eigenvalue weighted by Gasteiger charge is -2.17. The van der Waals surface area contributed by atoms with Crippen LogP contribution in [0.25, 0.3) is 144 Å². The number of hydrogen-bond acceptors (Lipinski definition) is 6. The zero-order valence-electron chi connectivity index (χ0n) is 36.1. The number of benzene rings is 10. The van der Waals surface area contributed by atoms with Gasteiger partial charge in [-0.3, -0.25) is 0 Å². The number of rotatable bonds is 5. The van der Waals surface area contributed by atoms with Gasteiger partial charge < -0.3 is 4.57 Å². The molecule has 68 heavy (non-hydrogen) atoms. The normalized spacial score (nSPS) is 12.1. The van der Waals surface area contributed by atoms with Gasteiger partial charge in [-0.1, -0.05) is 133 Å². The first-order valence-electron chi connectivity index (χ1n) is 22.7. The molecule has 316 valence electrons. The van der Waals surface area contributed by atoms with Gasteiger partial charge in [-0.15, -0.1) is 34.0 Å². The van der Waals surface area contributed by atoms with E-state index in [2.05, 4.69) is 211 Å². The van der Waals surface area contributed by atoms with Crippen molar-refractivity contribution >= 4 is 127 Å². The molecule has 0 atom stereocenters. The van der Waals surface area contributed by atoms with E-state index in [9.17, 15) is 0 Å². The summed E-state index contributed by atoms with van der Waals surface area (Å²) < 4.78 is 9.87. The lowest BCUT2D eigenvalue weighted by Crippen LogP contribution is -2.02. The van der Waals surface area contributed by atoms with Crippen molar-refractivity contribution in [3.63, 3.8) is 0 Å². The molecular weight excluding hydrogens is 885 g/mol. The molecule has 4 nitrogen and oxygen atoms in total. The van der Waals surface area contributed by atoms with E-state index < -0.39 is 0 Å². The van der Waals surface area contributed by atoms with Crippen molar-refractivity contribution in [3.05, 3.63) is 206 Å².